The van der Waals surface area contributed by atoms with Crippen LogP contribution < -0.4 is 10.2 Å². The van der Waals surface area contributed by atoms with Crippen molar-refractivity contribution in [3.8, 4) is 0 Å². The van der Waals surface area contributed by atoms with Gasteiger partial charge in [-0.1, -0.05) is 35.8 Å². The Morgan fingerprint density at radius 2 is 2.14 bits per heavy atom. The van der Waals surface area contributed by atoms with Crippen LogP contribution in [-0.2, 0) is 17.6 Å². The number of nitrogens with zero attached hydrogens (tertiary/aromatic N) is 4. The van der Waals surface area contributed by atoms with Gasteiger partial charge in [0.2, 0.25) is 5.91 Å². The summed E-state index contributed by atoms with van der Waals surface area (Å²) in [6.45, 7) is 4.13. The largest absolute Gasteiger partial charge is 0.355 e. The van der Waals surface area contributed by atoms with Gasteiger partial charge in [0, 0.05) is 24.7 Å². The van der Waals surface area contributed by atoms with E-state index in [4.69, 9.17) is 16.1 Å². The molecule has 0 spiro atoms. The molecule has 0 unspecified atom stereocenters. The Balaban J connectivity index is 1.40. The molecule has 0 aliphatic carbocycles. The number of hydrogen-bond donors (Lipinski definition) is 1. The topological polar surface area (TPSA) is 84.2 Å². The molecule has 4 rings (SSSR count). The van der Waals surface area contributed by atoms with Crippen molar-refractivity contribution in [2.75, 3.05) is 24.5 Å². The van der Waals surface area contributed by atoms with Crippen molar-refractivity contribution in [2.45, 2.75) is 32.6 Å². The standard InChI is InChI=1S/C21H24ClN5O2/c1-2-17-18-19(24-13-25-21(18)29-26-17)27-11-3-4-15(12-27)20(28)23-10-9-14-5-7-16(22)8-6-14/h5-8,13,15H,2-4,9-12H2,1H3,(H,23,28)/t15-/m0/s1. The van der Waals surface area contributed by atoms with Crippen molar-refractivity contribution in [1.29, 1.82) is 0 Å². The van der Waals surface area contributed by atoms with E-state index in [0.29, 0.717) is 18.8 Å². The summed E-state index contributed by atoms with van der Waals surface area (Å²) in [6, 6.07) is 7.72. The number of carbonyl (C=O) groups excluding carboxylic acids is 1. The Morgan fingerprint density at radius 1 is 1.31 bits per heavy atom. The van der Waals surface area contributed by atoms with Gasteiger partial charge in [0.1, 0.15) is 17.5 Å². The summed E-state index contributed by atoms with van der Waals surface area (Å²) in [5.74, 6) is 0.839. The minimum absolute atomic E-state index is 0.0658. The predicted octanol–water partition coefficient (Wildman–Crippen LogP) is 3.41. The molecular weight excluding hydrogens is 390 g/mol. The fraction of sp³-hybridized carbons (Fsp3) is 0.429. The molecule has 3 heterocycles. The Kier molecular flexibility index (Phi) is 5.94. The zero-order valence-electron chi connectivity index (χ0n) is 16.4. The summed E-state index contributed by atoms with van der Waals surface area (Å²) in [7, 11) is 0. The number of amides is 1. The number of anilines is 1. The van der Waals surface area contributed by atoms with Gasteiger partial charge < -0.3 is 14.7 Å². The molecule has 152 valence electrons. The van der Waals surface area contributed by atoms with Gasteiger partial charge in [0.25, 0.3) is 5.71 Å². The summed E-state index contributed by atoms with van der Waals surface area (Å²) in [5, 5.41) is 8.77. The fourth-order valence-corrected chi connectivity index (χ4v) is 3.94. The van der Waals surface area contributed by atoms with Gasteiger partial charge in [-0.15, -0.1) is 0 Å². The number of rotatable bonds is 6. The Hall–Kier alpha value is -2.67. The van der Waals surface area contributed by atoms with Crippen LogP contribution in [0.2, 0.25) is 5.02 Å². The van der Waals surface area contributed by atoms with E-state index in [0.717, 1.165) is 59.7 Å². The third kappa shape index (κ3) is 4.34. The quantitative estimate of drug-likeness (QED) is 0.666. The van der Waals surface area contributed by atoms with Crippen LogP contribution in [0, 0.1) is 5.92 Å². The lowest BCUT2D eigenvalue weighted by Crippen LogP contribution is -2.44. The molecule has 1 N–H and O–H groups in total. The van der Waals surface area contributed by atoms with Gasteiger partial charge >= 0.3 is 0 Å². The average molecular weight is 414 g/mol. The average Bonchev–Trinajstić information content (AvgIpc) is 3.18. The second kappa shape index (κ2) is 8.78. The molecule has 1 fully saturated rings. The fourth-order valence-electron chi connectivity index (χ4n) is 3.82. The first-order valence-corrected chi connectivity index (χ1v) is 10.4. The molecule has 0 bridgehead atoms. The second-order valence-corrected chi connectivity index (χ2v) is 7.75. The molecule has 29 heavy (non-hydrogen) atoms. The minimum Gasteiger partial charge on any atom is -0.355 e. The van der Waals surface area contributed by atoms with Gasteiger partial charge in [-0.25, -0.2) is 4.98 Å². The van der Waals surface area contributed by atoms with Gasteiger partial charge in [-0.05, 0) is 43.4 Å². The third-order valence-electron chi connectivity index (χ3n) is 5.38. The molecule has 0 saturated carbocycles. The van der Waals surface area contributed by atoms with Gasteiger partial charge in [-0.3, -0.25) is 4.79 Å². The zero-order chi connectivity index (χ0) is 20.2. The van der Waals surface area contributed by atoms with E-state index in [1.807, 2.05) is 31.2 Å². The molecular formula is C21H24ClN5O2. The highest BCUT2D eigenvalue weighted by atomic mass is 35.5. The van der Waals surface area contributed by atoms with Crippen molar-refractivity contribution < 1.29 is 9.32 Å². The van der Waals surface area contributed by atoms with Crippen LogP contribution in [-0.4, -0.2) is 40.7 Å². The first-order chi connectivity index (χ1) is 14.2. The maximum Gasteiger partial charge on any atom is 0.263 e. The maximum atomic E-state index is 12.7. The summed E-state index contributed by atoms with van der Waals surface area (Å²) in [6.07, 6.45) is 4.84. The van der Waals surface area contributed by atoms with E-state index in [1.54, 1.807) is 0 Å². The summed E-state index contributed by atoms with van der Waals surface area (Å²) in [4.78, 5) is 23.6. The van der Waals surface area contributed by atoms with Crippen LogP contribution in [0.15, 0.2) is 35.1 Å². The summed E-state index contributed by atoms with van der Waals surface area (Å²) < 4.78 is 5.33. The van der Waals surface area contributed by atoms with Crippen molar-refractivity contribution in [1.82, 2.24) is 20.4 Å². The minimum atomic E-state index is -0.0658. The van der Waals surface area contributed by atoms with Gasteiger partial charge in [0.05, 0.1) is 11.6 Å². The lowest BCUT2D eigenvalue weighted by molar-refractivity contribution is -0.125. The second-order valence-electron chi connectivity index (χ2n) is 7.31. The van der Waals surface area contributed by atoms with Crippen molar-refractivity contribution in [3.63, 3.8) is 0 Å². The first kappa shape index (κ1) is 19.6. The van der Waals surface area contributed by atoms with E-state index >= 15 is 0 Å². The number of aryl methyl sites for hydroxylation is 1. The number of halogens is 1. The Morgan fingerprint density at radius 3 is 2.93 bits per heavy atom. The highest BCUT2D eigenvalue weighted by Gasteiger charge is 2.28. The van der Waals surface area contributed by atoms with E-state index in [2.05, 4.69) is 25.3 Å². The normalized spacial score (nSPS) is 16.9. The number of hydrogen-bond acceptors (Lipinski definition) is 6. The number of nitrogens with one attached hydrogen (secondary N) is 1. The van der Waals surface area contributed by atoms with Crippen LogP contribution in [0.4, 0.5) is 5.82 Å². The molecule has 1 aliphatic rings. The number of aromatic nitrogens is 3. The smallest absolute Gasteiger partial charge is 0.263 e. The highest BCUT2D eigenvalue weighted by molar-refractivity contribution is 6.30. The van der Waals surface area contributed by atoms with Crippen LogP contribution in [0.1, 0.15) is 31.0 Å². The third-order valence-corrected chi connectivity index (χ3v) is 5.63. The van der Waals surface area contributed by atoms with Crippen LogP contribution in [0.25, 0.3) is 11.1 Å². The van der Waals surface area contributed by atoms with E-state index in [-0.39, 0.29) is 11.8 Å². The van der Waals surface area contributed by atoms with E-state index < -0.39 is 0 Å². The van der Waals surface area contributed by atoms with Crippen molar-refractivity contribution in [2.24, 2.45) is 5.92 Å². The van der Waals surface area contributed by atoms with E-state index in [9.17, 15) is 4.79 Å². The Bertz CT molecular complexity index is 988. The molecule has 7 nitrogen and oxygen atoms in total. The number of fused-ring (bicyclic) bond motifs is 1. The monoisotopic (exact) mass is 413 g/mol. The van der Waals surface area contributed by atoms with E-state index in [1.165, 1.54) is 6.33 Å². The zero-order valence-corrected chi connectivity index (χ0v) is 17.2. The van der Waals surface area contributed by atoms with Crippen LogP contribution >= 0.6 is 11.6 Å². The van der Waals surface area contributed by atoms with Gasteiger partial charge in [0.15, 0.2) is 0 Å². The van der Waals surface area contributed by atoms with Gasteiger partial charge in [-0.2, -0.15) is 4.98 Å². The highest BCUT2D eigenvalue weighted by Crippen LogP contribution is 2.30. The number of benzene rings is 1. The molecule has 3 aromatic rings. The number of piperidine rings is 1. The summed E-state index contributed by atoms with van der Waals surface area (Å²) in [5.41, 5.74) is 2.51. The SMILES string of the molecule is CCc1noc2ncnc(N3CCC[C@H](C(=O)NCCc4ccc(Cl)cc4)C3)c12. The molecule has 8 heteroatoms. The molecule has 1 saturated heterocycles. The van der Waals surface area contributed by atoms with Crippen molar-refractivity contribution in [3.05, 3.63) is 46.9 Å². The summed E-state index contributed by atoms with van der Waals surface area (Å²) >= 11 is 5.92. The van der Waals surface area contributed by atoms with Crippen molar-refractivity contribution >= 4 is 34.4 Å². The van der Waals surface area contributed by atoms with Crippen LogP contribution in [0.5, 0.6) is 0 Å². The molecule has 0 radical (unpaired) electrons. The predicted molar refractivity (Wildman–Crippen MR) is 112 cm³/mol. The lowest BCUT2D eigenvalue weighted by Gasteiger charge is -2.33. The molecule has 1 aromatic carbocycles. The Labute approximate surface area is 174 Å². The molecule has 1 aliphatic heterocycles. The molecule has 1 atom stereocenters. The maximum absolute atomic E-state index is 12.7. The lowest BCUT2D eigenvalue weighted by atomic mass is 9.96. The first-order valence-electron chi connectivity index (χ1n) is 10.0. The van der Waals surface area contributed by atoms with Crippen LogP contribution in [0.3, 0.4) is 0 Å². The molecule has 1 amide bonds. The number of carbonyl (C=O) groups is 1. The molecule has 2 aromatic heterocycles.